The van der Waals surface area contributed by atoms with E-state index in [0.29, 0.717) is 5.69 Å². The van der Waals surface area contributed by atoms with E-state index in [9.17, 15) is 14.4 Å². The van der Waals surface area contributed by atoms with Crippen LogP contribution < -0.4 is 4.90 Å². The summed E-state index contributed by atoms with van der Waals surface area (Å²) in [5, 5.41) is 15.3. The van der Waals surface area contributed by atoms with Crippen molar-refractivity contribution in [2.45, 2.75) is 19.4 Å². The van der Waals surface area contributed by atoms with Gasteiger partial charge in [-0.1, -0.05) is 0 Å². The molecule has 0 spiro atoms. The molecule has 1 aliphatic heterocycles. The van der Waals surface area contributed by atoms with Crippen LogP contribution >= 0.6 is 0 Å². The highest BCUT2D eigenvalue weighted by Gasteiger charge is 2.38. The molecule has 1 aromatic rings. The maximum atomic E-state index is 12.2. The van der Waals surface area contributed by atoms with Crippen LogP contribution in [-0.2, 0) is 14.4 Å². The van der Waals surface area contributed by atoms with Crippen LogP contribution in [0.1, 0.15) is 13.3 Å². The number of carbonyl (C=O) groups excluding carboxylic acids is 2. The molecule has 2 amide bonds. The lowest BCUT2D eigenvalue weighted by Gasteiger charge is -2.24. The molecule has 0 aliphatic carbocycles. The number of nitrogens with one attached hydrogen (secondary N) is 1. The van der Waals surface area contributed by atoms with Gasteiger partial charge in [0, 0.05) is 26.2 Å². The van der Waals surface area contributed by atoms with Gasteiger partial charge in [-0.3, -0.25) is 14.7 Å². The maximum absolute atomic E-state index is 12.2. The van der Waals surface area contributed by atoms with E-state index in [1.165, 1.54) is 30.0 Å². The fourth-order valence-electron chi connectivity index (χ4n) is 2.16. The Morgan fingerprint density at radius 1 is 1.60 bits per heavy atom. The van der Waals surface area contributed by atoms with Crippen molar-refractivity contribution < 1.29 is 19.5 Å². The minimum atomic E-state index is -1.07. The van der Waals surface area contributed by atoms with Crippen LogP contribution in [0.25, 0.3) is 0 Å². The number of aromatic nitrogens is 2. The van der Waals surface area contributed by atoms with Crippen LogP contribution in [0, 0.1) is 5.92 Å². The standard InChI is InChI=1S/C12H16N4O4/c1-7(12(19)20)15(2)11(18)8-3-10(17)16(6-8)9-4-13-14-5-9/h4-5,7-8H,3,6H2,1-2H3,(H,13,14)(H,19,20)/t7-,8+/m0/s1. The Balaban J connectivity index is 2.06. The Labute approximate surface area is 115 Å². The van der Waals surface area contributed by atoms with Crippen LogP contribution in [0.15, 0.2) is 12.4 Å². The summed E-state index contributed by atoms with van der Waals surface area (Å²) in [6.45, 7) is 1.68. The molecule has 1 aromatic heterocycles. The molecule has 2 atom stereocenters. The lowest BCUT2D eigenvalue weighted by atomic mass is 10.1. The first-order valence-electron chi connectivity index (χ1n) is 6.20. The van der Waals surface area contributed by atoms with Crippen molar-refractivity contribution in [1.29, 1.82) is 0 Å². The first kappa shape index (κ1) is 14.0. The van der Waals surface area contributed by atoms with Gasteiger partial charge < -0.3 is 14.9 Å². The topological polar surface area (TPSA) is 107 Å². The summed E-state index contributed by atoms with van der Waals surface area (Å²) in [6, 6.07) is -0.916. The number of H-pyrrole nitrogens is 1. The summed E-state index contributed by atoms with van der Waals surface area (Å²) in [6.07, 6.45) is 3.17. The molecule has 0 saturated carbocycles. The number of nitrogens with zero attached hydrogens (tertiary/aromatic N) is 3. The van der Waals surface area contributed by atoms with E-state index < -0.39 is 17.9 Å². The molecule has 0 radical (unpaired) electrons. The Bertz CT molecular complexity index is 528. The molecule has 2 rings (SSSR count). The second-order valence-electron chi connectivity index (χ2n) is 4.83. The third-order valence-corrected chi connectivity index (χ3v) is 3.56. The minimum Gasteiger partial charge on any atom is -0.480 e. The van der Waals surface area contributed by atoms with Gasteiger partial charge in [0.1, 0.15) is 6.04 Å². The largest absolute Gasteiger partial charge is 0.480 e. The van der Waals surface area contributed by atoms with E-state index in [1.807, 2.05) is 0 Å². The van der Waals surface area contributed by atoms with Gasteiger partial charge in [0.2, 0.25) is 11.8 Å². The predicted octanol–water partition coefficient (Wildman–Crippen LogP) is -0.306. The van der Waals surface area contributed by atoms with Gasteiger partial charge in [0.25, 0.3) is 0 Å². The second kappa shape index (κ2) is 5.32. The number of hydrogen-bond donors (Lipinski definition) is 2. The number of aliphatic carboxylic acids is 1. The van der Waals surface area contributed by atoms with Crippen LogP contribution in [0.2, 0.25) is 0 Å². The van der Waals surface area contributed by atoms with Gasteiger partial charge in [0.05, 0.1) is 17.8 Å². The Morgan fingerprint density at radius 3 is 2.85 bits per heavy atom. The summed E-state index contributed by atoms with van der Waals surface area (Å²) in [5.41, 5.74) is 0.610. The van der Waals surface area contributed by atoms with Crippen molar-refractivity contribution in [2.75, 3.05) is 18.5 Å². The molecule has 0 aromatic carbocycles. The number of carbonyl (C=O) groups is 3. The number of hydrogen-bond acceptors (Lipinski definition) is 4. The van der Waals surface area contributed by atoms with Gasteiger partial charge in [-0.25, -0.2) is 4.79 Å². The normalized spacial score (nSPS) is 20.0. The molecular formula is C12H16N4O4. The maximum Gasteiger partial charge on any atom is 0.326 e. The molecule has 8 heteroatoms. The van der Waals surface area contributed by atoms with Crippen LogP contribution in [-0.4, -0.2) is 57.6 Å². The summed E-state index contributed by atoms with van der Waals surface area (Å²) in [5.74, 6) is -2.10. The zero-order valence-electron chi connectivity index (χ0n) is 11.2. The molecular weight excluding hydrogens is 264 g/mol. The SMILES string of the molecule is C[C@@H](C(=O)O)N(C)C(=O)[C@@H]1CC(=O)N(c2cn[nH]c2)C1. The van der Waals surface area contributed by atoms with E-state index in [0.717, 1.165) is 0 Å². The third-order valence-electron chi connectivity index (χ3n) is 3.56. The van der Waals surface area contributed by atoms with Crippen LogP contribution in [0.5, 0.6) is 0 Å². The molecule has 1 fully saturated rings. The number of likely N-dealkylation sites (N-methyl/N-ethyl adjacent to an activating group) is 1. The van der Waals surface area contributed by atoms with Crippen molar-refractivity contribution >= 4 is 23.5 Å². The number of aromatic amines is 1. The number of anilines is 1. The molecule has 1 aliphatic rings. The van der Waals surface area contributed by atoms with Gasteiger partial charge in [-0.05, 0) is 6.92 Å². The van der Waals surface area contributed by atoms with Crippen LogP contribution in [0.4, 0.5) is 5.69 Å². The van der Waals surface area contributed by atoms with Gasteiger partial charge in [0.15, 0.2) is 0 Å². The Kier molecular flexibility index (Phi) is 3.73. The first-order valence-corrected chi connectivity index (χ1v) is 6.20. The highest BCUT2D eigenvalue weighted by atomic mass is 16.4. The van der Waals surface area contributed by atoms with Gasteiger partial charge in [-0.15, -0.1) is 0 Å². The summed E-state index contributed by atoms with van der Waals surface area (Å²) in [7, 11) is 1.44. The molecule has 20 heavy (non-hydrogen) atoms. The van der Waals surface area contributed by atoms with E-state index in [1.54, 1.807) is 6.20 Å². The molecule has 0 bridgehead atoms. The Morgan fingerprint density at radius 2 is 2.30 bits per heavy atom. The molecule has 0 unspecified atom stereocenters. The molecule has 2 N–H and O–H groups in total. The van der Waals surface area contributed by atoms with E-state index in [-0.39, 0.29) is 24.8 Å². The monoisotopic (exact) mass is 280 g/mol. The highest BCUT2D eigenvalue weighted by Crippen LogP contribution is 2.25. The third kappa shape index (κ3) is 2.49. The molecule has 108 valence electrons. The highest BCUT2D eigenvalue weighted by molar-refractivity contribution is 6.00. The van der Waals surface area contributed by atoms with Crippen LogP contribution in [0.3, 0.4) is 0 Å². The summed E-state index contributed by atoms with van der Waals surface area (Å²) < 4.78 is 0. The van der Waals surface area contributed by atoms with Crippen molar-refractivity contribution in [3.63, 3.8) is 0 Å². The fourth-order valence-corrected chi connectivity index (χ4v) is 2.16. The number of carboxylic acid groups (broad SMARTS) is 1. The van der Waals surface area contributed by atoms with Crippen molar-refractivity contribution in [3.8, 4) is 0 Å². The zero-order chi connectivity index (χ0) is 14.9. The summed E-state index contributed by atoms with van der Waals surface area (Å²) >= 11 is 0. The van der Waals surface area contributed by atoms with Crippen molar-refractivity contribution in [1.82, 2.24) is 15.1 Å². The van der Waals surface area contributed by atoms with Gasteiger partial charge >= 0.3 is 5.97 Å². The van der Waals surface area contributed by atoms with Gasteiger partial charge in [-0.2, -0.15) is 5.10 Å². The van der Waals surface area contributed by atoms with E-state index in [4.69, 9.17) is 5.11 Å². The molecule has 8 nitrogen and oxygen atoms in total. The molecule has 1 saturated heterocycles. The van der Waals surface area contributed by atoms with Crippen molar-refractivity contribution in [2.24, 2.45) is 5.92 Å². The number of carboxylic acids is 1. The Hall–Kier alpha value is -2.38. The summed E-state index contributed by atoms with van der Waals surface area (Å²) in [4.78, 5) is 37.7. The second-order valence-corrected chi connectivity index (χ2v) is 4.83. The minimum absolute atomic E-state index is 0.0840. The zero-order valence-corrected chi connectivity index (χ0v) is 11.2. The van der Waals surface area contributed by atoms with E-state index >= 15 is 0 Å². The number of amides is 2. The fraction of sp³-hybridized carbons (Fsp3) is 0.500. The number of rotatable bonds is 4. The lowest BCUT2D eigenvalue weighted by Crippen LogP contribution is -2.43. The average molecular weight is 280 g/mol. The average Bonchev–Trinajstić information content (AvgIpc) is 3.04. The first-order chi connectivity index (χ1) is 9.41. The molecule has 2 heterocycles. The lowest BCUT2D eigenvalue weighted by molar-refractivity contribution is -0.149. The van der Waals surface area contributed by atoms with Crippen molar-refractivity contribution in [3.05, 3.63) is 12.4 Å². The smallest absolute Gasteiger partial charge is 0.326 e. The predicted molar refractivity (Wildman–Crippen MR) is 68.9 cm³/mol. The van der Waals surface area contributed by atoms with E-state index in [2.05, 4.69) is 10.2 Å². The quantitative estimate of drug-likeness (QED) is 0.787.